The van der Waals surface area contributed by atoms with Crippen molar-refractivity contribution in [2.24, 2.45) is 16.7 Å². The molecule has 2 aliphatic heterocycles. The van der Waals surface area contributed by atoms with Gasteiger partial charge < -0.3 is 9.47 Å². The lowest BCUT2D eigenvalue weighted by Gasteiger charge is -2.50. The zero-order valence-corrected chi connectivity index (χ0v) is 12.3. The third-order valence-electron chi connectivity index (χ3n) is 5.23. The van der Waals surface area contributed by atoms with E-state index in [0.29, 0.717) is 12.8 Å². The van der Waals surface area contributed by atoms with Gasteiger partial charge in [-0.3, -0.25) is 5.41 Å². The van der Waals surface area contributed by atoms with Crippen LogP contribution in [0.3, 0.4) is 0 Å². The van der Waals surface area contributed by atoms with Gasteiger partial charge in [-0.2, -0.15) is 15.8 Å². The maximum absolute atomic E-state index is 9.91. The number of hydrogen-bond donors (Lipinski definition) is 1. The summed E-state index contributed by atoms with van der Waals surface area (Å²) in [6.07, 6.45) is 5.37. The van der Waals surface area contributed by atoms with Gasteiger partial charge in [0.05, 0.1) is 24.1 Å². The molecule has 6 nitrogen and oxygen atoms in total. The minimum atomic E-state index is -1.77. The molecule has 0 unspecified atom stereocenters. The second-order valence-electron chi connectivity index (χ2n) is 6.06. The number of nitriles is 3. The maximum Gasteiger partial charge on any atom is 0.217 e. The molecule has 2 bridgehead atoms. The molecule has 3 fully saturated rings. The molecule has 6 heteroatoms. The second kappa shape index (κ2) is 4.57. The van der Waals surface area contributed by atoms with Gasteiger partial charge in [0.25, 0.3) is 0 Å². The zero-order chi connectivity index (χ0) is 16.0. The van der Waals surface area contributed by atoms with Crippen LogP contribution in [-0.2, 0) is 9.47 Å². The van der Waals surface area contributed by atoms with Crippen molar-refractivity contribution in [3.8, 4) is 18.2 Å². The molecular formula is C16H16N4O2. The Morgan fingerprint density at radius 1 is 1.23 bits per heavy atom. The summed E-state index contributed by atoms with van der Waals surface area (Å²) in [7, 11) is 0. The van der Waals surface area contributed by atoms with Crippen LogP contribution in [0.4, 0.5) is 0 Å². The van der Waals surface area contributed by atoms with E-state index in [1.807, 2.05) is 12.1 Å². The van der Waals surface area contributed by atoms with Gasteiger partial charge in [0.15, 0.2) is 5.41 Å². The van der Waals surface area contributed by atoms with E-state index < -0.39 is 28.6 Å². The first kappa shape index (κ1) is 14.6. The van der Waals surface area contributed by atoms with Crippen molar-refractivity contribution in [1.29, 1.82) is 21.2 Å². The van der Waals surface area contributed by atoms with E-state index in [2.05, 4.69) is 6.07 Å². The van der Waals surface area contributed by atoms with E-state index >= 15 is 0 Å². The molecule has 3 rings (SSSR count). The van der Waals surface area contributed by atoms with Crippen LogP contribution in [0.25, 0.3) is 0 Å². The lowest BCUT2D eigenvalue weighted by Crippen LogP contribution is -2.62. The smallest absolute Gasteiger partial charge is 0.217 e. The fraction of sp³-hybridized carbons (Fsp3) is 0.625. The molecule has 0 aromatic carbocycles. The van der Waals surface area contributed by atoms with Crippen LogP contribution >= 0.6 is 0 Å². The van der Waals surface area contributed by atoms with Crippen LogP contribution in [0, 0.1) is 56.2 Å². The Morgan fingerprint density at radius 2 is 1.95 bits per heavy atom. The summed E-state index contributed by atoms with van der Waals surface area (Å²) in [6, 6.07) is 6.13. The first-order chi connectivity index (χ1) is 10.6. The van der Waals surface area contributed by atoms with Crippen LogP contribution < -0.4 is 0 Å². The van der Waals surface area contributed by atoms with Crippen LogP contribution in [0.15, 0.2) is 12.2 Å². The Morgan fingerprint density at radius 3 is 2.55 bits per heavy atom. The highest BCUT2D eigenvalue weighted by molar-refractivity contribution is 5.89. The van der Waals surface area contributed by atoms with Crippen molar-refractivity contribution < 1.29 is 9.47 Å². The van der Waals surface area contributed by atoms with Gasteiger partial charge in [-0.05, 0) is 19.8 Å². The monoisotopic (exact) mass is 296 g/mol. The van der Waals surface area contributed by atoms with Gasteiger partial charge in [-0.15, -0.1) is 0 Å². The van der Waals surface area contributed by atoms with Gasteiger partial charge in [-0.25, -0.2) is 0 Å². The van der Waals surface area contributed by atoms with Crippen LogP contribution in [-0.4, -0.2) is 17.8 Å². The van der Waals surface area contributed by atoms with Crippen molar-refractivity contribution in [2.75, 3.05) is 0 Å². The molecule has 0 amide bonds. The molecule has 0 aromatic rings. The van der Waals surface area contributed by atoms with E-state index in [0.717, 1.165) is 12.8 Å². The largest absolute Gasteiger partial charge is 0.447 e. The van der Waals surface area contributed by atoms with Gasteiger partial charge in [-0.1, -0.05) is 18.6 Å². The molecular weight excluding hydrogens is 280 g/mol. The first-order valence-corrected chi connectivity index (χ1v) is 7.39. The standard InChI is InChI=1S/C16H16N4O2/c1-2-5-12-14(8-17,9-18)15(10-19)11-6-3-4-7-16(11,21-12)22-13(15)20/h2,5,11-12,20H,3-4,6-7H2,1H3/b5-2+,20-13?/t11-,12-,15-,16+/m0/s1. The Kier molecular flexibility index (Phi) is 3.02. The quantitative estimate of drug-likeness (QED) is 0.746. The summed E-state index contributed by atoms with van der Waals surface area (Å²) >= 11 is 0. The first-order valence-electron chi connectivity index (χ1n) is 7.39. The Bertz CT molecular complexity index is 666. The molecule has 3 aliphatic rings. The molecule has 1 N–H and O–H groups in total. The van der Waals surface area contributed by atoms with Crippen LogP contribution in [0.2, 0.25) is 0 Å². The fourth-order valence-electron chi connectivity index (χ4n) is 4.24. The van der Waals surface area contributed by atoms with Crippen molar-refractivity contribution >= 4 is 5.90 Å². The summed E-state index contributed by atoms with van der Waals surface area (Å²) in [5.41, 5.74) is -3.34. The van der Waals surface area contributed by atoms with Gasteiger partial charge >= 0.3 is 0 Å². The number of allylic oxidation sites excluding steroid dienone is 1. The molecule has 2 heterocycles. The molecule has 1 saturated carbocycles. The SMILES string of the molecule is C/C=C/[C@@H]1O[C@@]23CCCC[C@H]2[C@@](C#N)(C(=N)O3)C1(C#N)C#N. The third-order valence-corrected chi connectivity index (χ3v) is 5.23. The average molecular weight is 296 g/mol. The highest BCUT2D eigenvalue weighted by Crippen LogP contribution is 2.66. The van der Waals surface area contributed by atoms with E-state index in [1.165, 1.54) is 0 Å². The summed E-state index contributed by atoms with van der Waals surface area (Å²) in [5, 5.41) is 37.7. The topological polar surface area (TPSA) is 114 Å². The highest BCUT2D eigenvalue weighted by atomic mass is 16.7. The molecule has 4 atom stereocenters. The lowest BCUT2D eigenvalue weighted by atomic mass is 9.52. The second-order valence-corrected chi connectivity index (χ2v) is 6.06. The molecule has 0 radical (unpaired) electrons. The number of rotatable bonds is 1. The molecule has 22 heavy (non-hydrogen) atoms. The molecule has 0 spiro atoms. The number of ether oxygens (including phenoxy) is 2. The van der Waals surface area contributed by atoms with E-state index in [1.54, 1.807) is 19.1 Å². The number of hydrogen-bond acceptors (Lipinski definition) is 6. The van der Waals surface area contributed by atoms with Crippen molar-refractivity contribution in [3.05, 3.63) is 12.2 Å². The minimum Gasteiger partial charge on any atom is -0.447 e. The summed E-state index contributed by atoms with van der Waals surface area (Å²) in [4.78, 5) is 0. The zero-order valence-electron chi connectivity index (χ0n) is 12.3. The molecule has 112 valence electrons. The van der Waals surface area contributed by atoms with Crippen LogP contribution in [0.1, 0.15) is 32.6 Å². The number of nitrogens with one attached hydrogen (secondary N) is 1. The fourth-order valence-corrected chi connectivity index (χ4v) is 4.24. The minimum absolute atomic E-state index is 0.294. The average Bonchev–Trinajstić information content (AvgIpc) is 2.74. The van der Waals surface area contributed by atoms with E-state index in [-0.39, 0.29) is 5.90 Å². The third kappa shape index (κ3) is 1.33. The summed E-state index contributed by atoms with van der Waals surface area (Å²) in [6.45, 7) is 1.76. The Hall–Kier alpha value is -2.36. The van der Waals surface area contributed by atoms with E-state index in [4.69, 9.17) is 14.9 Å². The summed E-state index contributed by atoms with van der Waals surface area (Å²) < 4.78 is 11.8. The molecule has 1 aliphatic carbocycles. The summed E-state index contributed by atoms with van der Waals surface area (Å²) in [5.74, 6) is -1.80. The highest BCUT2D eigenvalue weighted by Gasteiger charge is 2.79. The van der Waals surface area contributed by atoms with E-state index in [9.17, 15) is 15.8 Å². The Balaban J connectivity index is 2.31. The van der Waals surface area contributed by atoms with Gasteiger partial charge in [0, 0.05) is 6.42 Å². The van der Waals surface area contributed by atoms with Crippen molar-refractivity contribution in [3.63, 3.8) is 0 Å². The number of nitrogens with zero attached hydrogens (tertiary/aromatic N) is 3. The van der Waals surface area contributed by atoms with Gasteiger partial charge in [0.2, 0.25) is 17.1 Å². The lowest BCUT2D eigenvalue weighted by molar-refractivity contribution is -0.280. The predicted molar refractivity (Wildman–Crippen MR) is 74.9 cm³/mol. The van der Waals surface area contributed by atoms with Crippen LogP contribution in [0.5, 0.6) is 0 Å². The van der Waals surface area contributed by atoms with Crippen molar-refractivity contribution in [2.45, 2.75) is 44.5 Å². The molecule has 0 aromatic heterocycles. The van der Waals surface area contributed by atoms with Crippen molar-refractivity contribution in [1.82, 2.24) is 0 Å². The maximum atomic E-state index is 9.91. The Labute approximate surface area is 129 Å². The molecule has 2 saturated heterocycles. The predicted octanol–water partition coefficient (Wildman–Crippen LogP) is 2.40. The normalized spacial score (nSPS) is 41.8. The van der Waals surface area contributed by atoms with Gasteiger partial charge in [0.1, 0.15) is 6.10 Å².